The first-order valence-corrected chi connectivity index (χ1v) is 14.1. The predicted molar refractivity (Wildman–Crippen MR) is 134 cm³/mol. The Morgan fingerprint density at radius 1 is 1.08 bits per heavy atom. The Morgan fingerprint density at radius 3 is 2.22 bits per heavy atom. The Hall–Kier alpha value is -3.18. The number of rotatable bonds is 10. The monoisotopic (exact) mass is 536 g/mol. The van der Waals surface area contributed by atoms with E-state index in [1.807, 2.05) is 31.2 Å². The number of benzene rings is 2. The van der Waals surface area contributed by atoms with Crippen molar-refractivity contribution >= 4 is 34.8 Å². The summed E-state index contributed by atoms with van der Waals surface area (Å²) in [6.07, 6.45) is 1.45. The first kappa shape index (κ1) is 27.4. The van der Waals surface area contributed by atoms with E-state index in [1.54, 1.807) is 0 Å². The quantitative estimate of drug-likeness (QED) is 0.355. The van der Waals surface area contributed by atoms with Gasteiger partial charge in [-0.3, -0.25) is 9.36 Å². The normalized spacial score (nSPS) is 12.8. The number of alkyl halides is 1. The van der Waals surface area contributed by atoms with Crippen molar-refractivity contribution < 1.29 is 31.2 Å². The van der Waals surface area contributed by atoms with Crippen LogP contribution in [-0.2, 0) is 23.4 Å². The largest absolute Gasteiger partial charge is 0.382 e. The van der Waals surface area contributed by atoms with Gasteiger partial charge in [-0.25, -0.2) is 22.8 Å². The van der Waals surface area contributed by atoms with Crippen LogP contribution in [-0.4, -0.2) is 42.8 Å². The first-order valence-electron chi connectivity index (χ1n) is 10.9. The molecule has 0 saturated carbocycles. The summed E-state index contributed by atoms with van der Waals surface area (Å²) in [5, 5.41) is -0.361. The highest BCUT2D eigenvalue weighted by Crippen LogP contribution is 2.56. The number of hydrogen-bond donors (Lipinski definition) is 2. The highest BCUT2D eigenvalue weighted by molar-refractivity contribution is 7.98. The summed E-state index contributed by atoms with van der Waals surface area (Å²) in [5.74, 6) is -0.768. The van der Waals surface area contributed by atoms with Gasteiger partial charge < -0.3 is 20.1 Å². The summed E-state index contributed by atoms with van der Waals surface area (Å²) in [6, 6.07) is 12.1. The standard InChI is InChI=1S/C23H26FN4O6PS/c1-4-33-35(30,34-5-2)23(24)36(31,32)18-12-10-17(11-13-18)27-22(29)20-21(25)26-14-19(28-20)16-8-6-15(3)7-9-16/h6-14,23H,4-5H2,1-3H3,(H2,25,26)(H,27,29). The molecule has 3 N–H and O–H groups in total. The molecule has 1 atom stereocenters. The van der Waals surface area contributed by atoms with Gasteiger partial charge in [0.05, 0.1) is 30.0 Å². The molecule has 3 aromatic rings. The molecule has 0 aliphatic carbocycles. The molecule has 192 valence electrons. The molecule has 1 aromatic heterocycles. The van der Waals surface area contributed by atoms with Crippen LogP contribution in [0, 0.1) is 6.92 Å². The van der Waals surface area contributed by atoms with Crippen molar-refractivity contribution in [2.24, 2.45) is 0 Å². The van der Waals surface area contributed by atoms with Gasteiger partial charge >= 0.3 is 12.8 Å². The minimum Gasteiger partial charge on any atom is -0.382 e. The highest BCUT2D eigenvalue weighted by atomic mass is 32.2. The van der Waals surface area contributed by atoms with Crippen molar-refractivity contribution in [3.8, 4) is 11.3 Å². The Kier molecular flexibility index (Phi) is 8.57. The minimum absolute atomic E-state index is 0.0922. The Labute approximate surface area is 208 Å². The van der Waals surface area contributed by atoms with Crippen molar-refractivity contribution in [1.82, 2.24) is 9.97 Å². The highest BCUT2D eigenvalue weighted by Gasteiger charge is 2.46. The fourth-order valence-electron chi connectivity index (χ4n) is 3.14. The fraction of sp³-hybridized carbons (Fsp3) is 0.261. The summed E-state index contributed by atoms with van der Waals surface area (Å²) in [6.45, 7) is 4.43. The smallest absolute Gasteiger partial charge is 0.380 e. The molecular formula is C23H26FN4O6PS. The van der Waals surface area contributed by atoms with Gasteiger partial charge in [0.1, 0.15) is 0 Å². The van der Waals surface area contributed by atoms with Crippen LogP contribution in [0.15, 0.2) is 59.6 Å². The molecule has 36 heavy (non-hydrogen) atoms. The zero-order chi connectivity index (χ0) is 26.5. The van der Waals surface area contributed by atoms with Crippen LogP contribution in [0.25, 0.3) is 11.3 Å². The lowest BCUT2D eigenvalue weighted by Crippen LogP contribution is -2.20. The van der Waals surface area contributed by atoms with Gasteiger partial charge in [-0.2, -0.15) is 0 Å². The second-order valence-electron chi connectivity index (χ2n) is 7.55. The summed E-state index contributed by atoms with van der Waals surface area (Å²) >= 11 is 0. The summed E-state index contributed by atoms with van der Waals surface area (Å²) in [4.78, 5) is 20.7. The van der Waals surface area contributed by atoms with E-state index in [0.29, 0.717) is 5.69 Å². The van der Waals surface area contributed by atoms with Crippen LogP contribution in [0.1, 0.15) is 29.9 Å². The van der Waals surface area contributed by atoms with Gasteiger partial charge in [-0.05, 0) is 45.0 Å². The first-order chi connectivity index (χ1) is 17.0. The van der Waals surface area contributed by atoms with E-state index in [-0.39, 0.29) is 30.4 Å². The molecule has 0 radical (unpaired) electrons. The third-order valence-corrected chi connectivity index (χ3v) is 9.71. The van der Waals surface area contributed by atoms with E-state index in [9.17, 15) is 22.2 Å². The van der Waals surface area contributed by atoms with Crippen LogP contribution in [0.2, 0.25) is 0 Å². The second kappa shape index (κ2) is 11.3. The van der Waals surface area contributed by atoms with Crippen LogP contribution in [0.4, 0.5) is 15.9 Å². The number of nitrogens with two attached hydrogens (primary N) is 1. The molecule has 0 aliphatic rings. The minimum atomic E-state index is -4.72. The fourth-order valence-corrected chi connectivity index (χ4v) is 7.00. The zero-order valence-corrected chi connectivity index (χ0v) is 21.6. The number of nitrogens with one attached hydrogen (secondary N) is 1. The number of sulfone groups is 1. The van der Waals surface area contributed by atoms with Crippen LogP contribution in [0.3, 0.4) is 0 Å². The number of carbonyl (C=O) groups excluding carboxylic acids is 1. The van der Waals surface area contributed by atoms with E-state index in [1.165, 1.54) is 32.2 Å². The number of halogens is 1. The maximum atomic E-state index is 14.9. The average Bonchev–Trinajstić information content (AvgIpc) is 2.85. The SMILES string of the molecule is CCOP(=O)(OCC)C(F)S(=O)(=O)c1ccc(NC(=O)c2nc(-c3ccc(C)cc3)cnc2N)cc1. The lowest BCUT2D eigenvalue weighted by molar-refractivity contribution is 0.102. The molecule has 10 nitrogen and oxygen atoms in total. The predicted octanol–water partition coefficient (Wildman–Crippen LogP) is 4.58. The van der Waals surface area contributed by atoms with Crippen LogP contribution < -0.4 is 11.1 Å². The van der Waals surface area contributed by atoms with E-state index in [0.717, 1.165) is 23.3 Å². The number of nitrogen functional groups attached to an aromatic ring is 1. The number of amides is 1. The Balaban J connectivity index is 1.81. The van der Waals surface area contributed by atoms with Gasteiger partial charge in [-0.1, -0.05) is 29.8 Å². The molecule has 1 heterocycles. The number of anilines is 2. The van der Waals surface area contributed by atoms with Gasteiger partial charge in [-0.15, -0.1) is 0 Å². The number of aryl methyl sites for hydroxylation is 1. The molecular weight excluding hydrogens is 510 g/mol. The van der Waals surface area contributed by atoms with E-state index in [4.69, 9.17) is 14.8 Å². The lowest BCUT2D eigenvalue weighted by atomic mass is 10.1. The van der Waals surface area contributed by atoms with Gasteiger partial charge in [0.15, 0.2) is 11.5 Å². The Bertz CT molecular complexity index is 1370. The molecule has 0 spiro atoms. The van der Waals surface area contributed by atoms with Crippen LogP contribution in [0.5, 0.6) is 0 Å². The third kappa shape index (κ3) is 5.96. The molecule has 0 bridgehead atoms. The maximum absolute atomic E-state index is 14.9. The Morgan fingerprint density at radius 2 is 1.67 bits per heavy atom. The van der Waals surface area contributed by atoms with Gasteiger partial charge in [0.2, 0.25) is 9.84 Å². The van der Waals surface area contributed by atoms with Gasteiger partial charge in [0, 0.05) is 11.3 Å². The molecule has 13 heteroatoms. The maximum Gasteiger partial charge on any atom is 0.380 e. The molecule has 1 unspecified atom stereocenters. The average molecular weight is 537 g/mol. The van der Waals surface area contributed by atoms with E-state index in [2.05, 4.69) is 15.3 Å². The molecule has 1 amide bonds. The zero-order valence-electron chi connectivity index (χ0n) is 19.8. The van der Waals surface area contributed by atoms with E-state index < -0.39 is 33.5 Å². The van der Waals surface area contributed by atoms with Gasteiger partial charge in [0.25, 0.3) is 5.91 Å². The number of nitrogens with zero attached hydrogens (tertiary/aromatic N) is 2. The molecule has 0 fully saturated rings. The second-order valence-corrected chi connectivity index (χ2v) is 11.9. The van der Waals surface area contributed by atoms with E-state index >= 15 is 0 Å². The lowest BCUT2D eigenvalue weighted by Gasteiger charge is -2.20. The summed E-state index contributed by atoms with van der Waals surface area (Å²) in [7, 11) is -9.28. The van der Waals surface area contributed by atoms with Crippen molar-refractivity contribution in [3.63, 3.8) is 0 Å². The molecule has 2 aromatic carbocycles. The summed E-state index contributed by atoms with van der Waals surface area (Å²) < 4.78 is 62.5. The van der Waals surface area contributed by atoms with Crippen molar-refractivity contribution in [2.45, 2.75) is 30.9 Å². The van der Waals surface area contributed by atoms with Crippen LogP contribution >= 0.6 is 7.60 Å². The number of hydrogen-bond acceptors (Lipinski definition) is 9. The molecule has 0 saturated heterocycles. The third-order valence-electron chi connectivity index (χ3n) is 4.93. The van der Waals surface area contributed by atoms with Crippen molar-refractivity contribution in [2.75, 3.05) is 24.3 Å². The number of carbonyl (C=O) groups is 1. The molecule has 0 aliphatic heterocycles. The van der Waals surface area contributed by atoms with Crippen molar-refractivity contribution in [3.05, 3.63) is 66.0 Å². The van der Waals surface area contributed by atoms with Crippen molar-refractivity contribution in [1.29, 1.82) is 0 Å². The molecule has 3 rings (SSSR count). The summed E-state index contributed by atoms with van der Waals surface area (Å²) in [5.41, 5.74) is 8.16. The topological polar surface area (TPSA) is 151 Å². The number of aromatic nitrogens is 2.